The number of hydrogen-bond donors (Lipinski definition) is 3. The van der Waals surface area contributed by atoms with Crippen LogP contribution in [0.5, 0.6) is 0 Å². The summed E-state index contributed by atoms with van der Waals surface area (Å²) in [6.45, 7) is 5.76. The molecule has 37 heavy (non-hydrogen) atoms. The number of rotatable bonds is 7. The molecular formula is C26H34N8O3. The Morgan fingerprint density at radius 3 is 2.59 bits per heavy atom. The molecule has 5 rings (SSSR count). The highest BCUT2D eigenvalue weighted by Gasteiger charge is 2.23. The number of anilines is 4. The summed E-state index contributed by atoms with van der Waals surface area (Å²) in [4.78, 5) is 37.2. The fourth-order valence-electron chi connectivity index (χ4n) is 4.92. The van der Waals surface area contributed by atoms with Gasteiger partial charge in [0, 0.05) is 44.3 Å². The van der Waals surface area contributed by atoms with Gasteiger partial charge in [-0.3, -0.25) is 9.69 Å². The van der Waals surface area contributed by atoms with Crippen LogP contribution >= 0.6 is 0 Å². The highest BCUT2D eigenvalue weighted by atomic mass is 16.3. The number of pyridine rings is 2. The monoisotopic (exact) mass is 506 g/mol. The van der Waals surface area contributed by atoms with Crippen LogP contribution in [0.4, 0.5) is 23.3 Å². The van der Waals surface area contributed by atoms with E-state index < -0.39 is 6.10 Å². The molecule has 3 aromatic rings. The predicted molar refractivity (Wildman–Crippen MR) is 142 cm³/mol. The summed E-state index contributed by atoms with van der Waals surface area (Å²) in [5.74, 6) is 1.75. The van der Waals surface area contributed by atoms with Crippen LogP contribution in [-0.2, 0) is 4.79 Å². The number of nitrogens with zero attached hydrogens (tertiary/aromatic N) is 7. The second kappa shape index (κ2) is 11.3. The lowest BCUT2D eigenvalue weighted by molar-refractivity contribution is -0.119. The van der Waals surface area contributed by atoms with Crippen molar-refractivity contribution < 1.29 is 15.0 Å². The third-order valence-electron chi connectivity index (χ3n) is 6.88. The number of aliphatic hydroxyl groups excluding tert-OH is 2. The van der Waals surface area contributed by atoms with Gasteiger partial charge >= 0.3 is 0 Å². The molecule has 0 aliphatic carbocycles. The van der Waals surface area contributed by atoms with Crippen molar-refractivity contribution in [3.8, 4) is 0 Å². The first-order chi connectivity index (χ1) is 18.0. The maximum Gasteiger partial charge on any atom is 0.241 e. The summed E-state index contributed by atoms with van der Waals surface area (Å²) in [6.07, 6.45) is 6.99. The van der Waals surface area contributed by atoms with Gasteiger partial charge < -0.3 is 25.3 Å². The summed E-state index contributed by atoms with van der Waals surface area (Å²) in [7, 11) is 0. The average molecular weight is 507 g/mol. The third kappa shape index (κ3) is 5.79. The van der Waals surface area contributed by atoms with Gasteiger partial charge in [-0.05, 0) is 50.8 Å². The van der Waals surface area contributed by atoms with Crippen LogP contribution in [0.1, 0.15) is 44.4 Å². The Labute approximate surface area is 216 Å². The quantitative estimate of drug-likeness (QED) is 0.438. The molecule has 2 saturated heterocycles. The lowest BCUT2D eigenvalue weighted by atomic mass is 10.1. The molecule has 0 spiro atoms. The van der Waals surface area contributed by atoms with Crippen LogP contribution in [0.25, 0.3) is 10.9 Å². The normalized spacial score (nSPS) is 18.2. The topological polar surface area (TPSA) is 131 Å². The van der Waals surface area contributed by atoms with Crippen LogP contribution < -0.4 is 15.1 Å². The van der Waals surface area contributed by atoms with Crippen LogP contribution in [0.3, 0.4) is 0 Å². The van der Waals surface area contributed by atoms with Gasteiger partial charge in [0.1, 0.15) is 11.3 Å². The van der Waals surface area contributed by atoms with Crippen molar-refractivity contribution in [2.45, 2.75) is 38.7 Å². The van der Waals surface area contributed by atoms with E-state index in [9.17, 15) is 15.0 Å². The molecule has 3 N–H and O–H groups in total. The van der Waals surface area contributed by atoms with Gasteiger partial charge in [0.15, 0.2) is 5.82 Å². The molecule has 2 aliphatic heterocycles. The number of piperidine rings is 1. The van der Waals surface area contributed by atoms with Gasteiger partial charge in [-0.2, -0.15) is 0 Å². The predicted octanol–water partition coefficient (Wildman–Crippen LogP) is 2.24. The number of hydrogen-bond acceptors (Lipinski definition) is 10. The SMILES string of the molecule is CC(O)c1cc2cnc(Nc3ccc(N4CCCN(CCO)CC4=O)cn3)nc2c(N2CCCCC2)n1. The van der Waals surface area contributed by atoms with Crippen LogP contribution in [0.2, 0.25) is 0 Å². The van der Waals surface area contributed by atoms with E-state index in [0.717, 1.165) is 61.3 Å². The number of aliphatic hydroxyl groups is 2. The highest BCUT2D eigenvalue weighted by Crippen LogP contribution is 2.29. The van der Waals surface area contributed by atoms with Crippen LogP contribution in [0.15, 0.2) is 30.6 Å². The minimum Gasteiger partial charge on any atom is -0.395 e. The van der Waals surface area contributed by atoms with Crippen molar-refractivity contribution in [2.24, 2.45) is 0 Å². The number of β-amino-alcohol motifs (C(OH)–C–C–N with tert-alkyl or cyclic N) is 1. The second-order valence-corrected chi connectivity index (χ2v) is 9.65. The van der Waals surface area contributed by atoms with Gasteiger partial charge in [0.05, 0.1) is 36.8 Å². The van der Waals surface area contributed by atoms with E-state index in [4.69, 9.17) is 9.97 Å². The largest absolute Gasteiger partial charge is 0.395 e. The number of amides is 1. The summed E-state index contributed by atoms with van der Waals surface area (Å²) in [5, 5.41) is 23.4. The van der Waals surface area contributed by atoms with Crippen molar-refractivity contribution in [3.05, 3.63) is 36.3 Å². The molecule has 2 fully saturated rings. The molecule has 1 amide bonds. The fourth-order valence-corrected chi connectivity index (χ4v) is 4.92. The fraction of sp³-hybridized carbons (Fsp3) is 0.500. The second-order valence-electron chi connectivity index (χ2n) is 9.65. The van der Waals surface area contributed by atoms with E-state index in [-0.39, 0.29) is 19.1 Å². The molecule has 11 nitrogen and oxygen atoms in total. The van der Waals surface area contributed by atoms with Crippen molar-refractivity contribution in [1.82, 2.24) is 24.8 Å². The van der Waals surface area contributed by atoms with Crippen molar-refractivity contribution >= 4 is 40.1 Å². The first-order valence-electron chi connectivity index (χ1n) is 13.0. The van der Waals surface area contributed by atoms with E-state index in [1.807, 2.05) is 23.1 Å². The molecule has 0 radical (unpaired) electrons. The Morgan fingerprint density at radius 2 is 1.86 bits per heavy atom. The van der Waals surface area contributed by atoms with E-state index in [1.54, 1.807) is 24.2 Å². The van der Waals surface area contributed by atoms with Crippen LogP contribution in [-0.4, -0.2) is 86.8 Å². The highest BCUT2D eigenvalue weighted by molar-refractivity contribution is 5.95. The Morgan fingerprint density at radius 1 is 1.03 bits per heavy atom. The first kappa shape index (κ1) is 25.2. The number of nitrogens with one attached hydrogen (secondary N) is 1. The first-order valence-corrected chi connectivity index (χ1v) is 13.0. The van der Waals surface area contributed by atoms with Gasteiger partial charge in [-0.25, -0.2) is 19.9 Å². The zero-order valence-electron chi connectivity index (χ0n) is 21.2. The Hall–Kier alpha value is -3.41. The summed E-state index contributed by atoms with van der Waals surface area (Å²) in [5.41, 5.74) is 2.09. The number of fused-ring (bicyclic) bond motifs is 1. The molecule has 2 aliphatic rings. The van der Waals surface area contributed by atoms with E-state index >= 15 is 0 Å². The van der Waals surface area contributed by atoms with Gasteiger partial charge in [0.25, 0.3) is 0 Å². The van der Waals surface area contributed by atoms with Gasteiger partial charge in [-0.1, -0.05) is 0 Å². The van der Waals surface area contributed by atoms with E-state index in [1.165, 1.54) is 6.42 Å². The van der Waals surface area contributed by atoms with Crippen molar-refractivity contribution in [1.29, 1.82) is 0 Å². The molecule has 196 valence electrons. The number of aromatic nitrogens is 4. The summed E-state index contributed by atoms with van der Waals surface area (Å²) >= 11 is 0. The molecule has 0 aromatic carbocycles. The maximum atomic E-state index is 12.7. The third-order valence-corrected chi connectivity index (χ3v) is 6.88. The molecule has 3 aromatic heterocycles. The zero-order chi connectivity index (χ0) is 25.8. The zero-order valence-corrected chi connectivity index (χ0v) is 21.2. The summed E-state index contributed by atoms with van der Waals surface area (Å²) < 4.78 is 0. The molecule has 1 unspecified atom stereocenters. The van der Waals surface area contributed by atoms with E-state index in [0.29, 0.717) is 30.5 Å². The average Bonchev–Trinajstić information content (AvgIpc) is 3.10. The van der Waals surface area contributed by atoms with Crippen molar-refractivity contribution in [2.75, 3.05) is 61.0 Å². The molecule has 0 bridgehead atoms. The molecule has 5 heterocycles. The van der Waals surface area contributed by atoms with Gasteiger partial charge in [0.2, 0.25) is 11.9 Å². The maximum absolute atomic E-state index is 12.7. The number of carbonyl (C=O) groups is 1. The molecular weight excluding hydrogens is 472 g/mol. The minimum absolute atomic E-state index is 0.000584. The lowest BCUT2D eigenvalue weighted by Crippen LogP contribution is -2.37. The number of carbonyl (C=O) groups excluding carboxylic acids is 1. The lowest BCUT2D eigenvalue weighted by Gasteiger charge is -2.29. The minimum atomic E-state index is -0.678. The van der Waals surface area contributed by atoms with E-state index in [2.05, 4.69) is 20.2 Å². The smallest absolute Gasteiger partial charge is 0.241 e. The summed E-state index contributed by atoms with van der Waals surface area (Å²) in [6, 6.07) is 5.52. The Bertz CT molecular complexity index is 1230. The van der Waals surface area contributed by atoms with Gasteiger partial charge in [-0.15, -0.1) is 0 Å². The van der Waals surface area contributed by atoms with Crippen molar-refractivity contribution in [3.63, 3.8) is 0 Å². The molecule has 1 atom stereocenters. The molecule has 0 saturated carbocycles. The van der Waals surface area contributed by atoms with Crippen LogP contribution in [0, 0.1) is 0 Å². The standard InChI is InChI=1S/C26H34N8O3/c1-18(36)21-14-19-15-28-26(31-24(19)25(29-21)33-9-3-2-4-10-33)30-22-7-6-20(16-27-22)34-11-5-8-32(12-13-35)17-23(34)37/h6-7,14-16,18,35-36H,2-5,8-13,17H2,1H3,(H,27,28,30,31). The Balaban J connectivity index is 1.36. The molecule has 11 heteroatoms. The Kier molecular flexibility index (Phi) is 7.73.